The second-order valence-electron chi connectivity index (χ2n) is 12.2. The predicted octanol–water partition coefficient (Wildman–Crippen LogP) is 6.41. The van der Waals surface area contributed by atoms with Crippen LogP contribution >= 0.6 is 0 Å². The van der Waals surface area contributed by atoms with E-state index >= 15 is 0 Å². The maximum Gasteiger partial charge on any atom is 0.410 e. The number of benzene rings is 2. The molecule has 0 aliphatic heterocycles. The molecule has 0 unspecified atom stereocenters. The zero-order valence-electron chi connectivity index (χ0n) is 25.1. The number of carbonyl (C=O) groups excluding carboxylic acids is 2. The zero-order chi connectivity index (χ0) is 29.8. The van der Waals surface area contributed by atoms with Crippen LogP contribution in [-0.4, -0.2) is 56.5 Å². The highest BCUT2D eigenvalue weighted by atomic mass is 16.6. The van der Waals surface area contributed by atoms with Gasteiger partial charge in [-0.05, 0) is 76.6 Å². The Bertz CT molecular complexity index is 954. The normalized spacial score (nSPS) is 11.7. The molecule has 0 fully saturated rings. The lowest BCUT2D eigenvalue weighted by Gasteiger charge is -2.28. The van der Waals surface area contributed by atoms with Crippen LogP contribution in [0.5, 0.6) is 0 Å². The van der Waals surface area contributed by atoms with Crippen molar-refractivity contribution in [1.29, 1.82) is 0 Å². The molecule has 2 aromatic carbocycles. The first kappa shape index (κ1) is 33.1. The summed E-state index contributed by atoms with van der Waals surface area (Å²) in [5, 5.41) is 18.6. The molecule has 8 heteroatoms. The molecule has 0 bridgehead atoms. The maximum atomic E-state index is 12.9. The summed E-state index contributed by atoms with van der Waals surface area (Å²) in [6.07, 6.45) is 2.72. The SMILES string of the molecule is CC(C)(C)OC(=O)N(CCCCCCN(Cc1ccc(CO)cc1)C(=O)OC(C)(C)C)Cc1ccc(CO)cc1. The summed E-state index contributed by atoms with van der Waals surface area (Å²) in [5.41, 5.74) is 2.44. The molecule has 0 saturated carbocycles. The molecule has 8 nitrogen and oxygen atoms in total. The van der Waals surface area contributed by atoms with E-state index in [1.807, 2.05) is 90.1 Å². The number of amides is 2. The molecular weight excluding hydrogens is 508 g/mol. The van der Waals surface area contributed by atoms with Crippen molar-refractivity contribution in [3.63, 3.8) is 0 Å². The highest BCUT2D eigenvalue weighted by Crippen LogP contribution is 2.17. The van der Waals surface area contributed by atoms with E-state index in [2.05, 4.69) is 0 Å². The summed E-state index contributed by atoms with van der Waals surface area (Å²) in [6, 6.07) is 15.1. The first-order chi connectivity index (χ1) is 18.8. The van der Waals surface area contributed by atoms with Crippen molar-refractivity contribution < 1.29 is 29.3 Å². The third-order valence-electron chi connectivity index (χ3n) is 6.07. The molecule has 2 N–H and O–H groups in total. The molecule has 2 aromatic rings. The number of aliphatic hydroxyl groups is 2. The molecule has 40 heavy (non-hydrogen) atoms. The van der Waals surface area contributed by atoms with E-state index < -0.39 is 11.2 Å². The van der Waals surface area contributed by atoms with Crippen LogP contribution in [0.4, 0.5) is 9.59 Å². The summed E-state index contributed by atoms with van der Waals surface area (Å²) in [5.74, 6) is 0. The minimum atomic E-state index is -0.584. The molecule has 2 amide bonds. The first-order valence-electron chi connectivity index (χ1n) is 14.1. The summed E-state index contributed by atoms with van der Waals surface area (Å²) in [6.45, 7) is 13.1. The minimum absolute atomic E-state index is 0.0165. The van der Waals surface area contributed by atoms with E-state index in [4.69, 9.17) is 9.47 Å². The fourth-order valence-corrected chi connectivity index (χ4v) is 4.02. The van der Waals surface area contributed by atoms with Crippen molar-refractivity contribution >= 4 is 12.2 Å². The van der Waals surface area contributed by atoms with Gasteiger partial charge in [-0.1, -0.05) is 61.4 Å². The molecule has 2 rings (SSSR count). The number of hydrogen-bond acceptors (Lipinski definition) is 6. The van der Waals surface area contributed by atoms with Crippen LogP contribution in [0.25, 0.3) is 0 Å². The smallest absolute Gasteiger partial charge is 0.410 e. The Labute approximate surface area is 239 Å². The highest BCUT2D eigenvalue weighted by Gasteiger charge is 2.23. The number of hydrogen-bond donors (Lipinski definition) is 2. The van der Waals surface area contributed by atoms with Crippen molar-refractivity contribution in [3.05, 3.63) is 70.8 Å². The number of carbonyl (C=O) groups is 2. The lowest BCUT2D eigenvalue weighted by Crippen LogP contribution is -2.37. The third kappa shape index (κ3) is 12.8. The quantitative estimate of drug-likeness (QED) is 0.277. The van der Waals surface area contributed by atoms with Crippen LogP contribution in [0.2, 0.25) is 0 Å². The minimum Gasteiger partial charge on any atom is -0.444 e. The fourth-order valence-electron chi connectivity index (χ4n) is 4.02. The van der Waals surface area contributed by atoms with Crippen LogP contribution < -0.4 is 0 Å². The highest BCUT2D eigenvalue weighted by molar-refractivity contribution is 5.68. The summed E-state index contributed by atoms with van der Waals surface area (Å²) < 4.78 is 11.3. The van der Waals surface area contributed by atoms with Gasteiger partial charge in [0.1, 0.15) is 11.2 Å². The van der Waals surface area contributed by atoms with E-state index in [-0.39, 0.29) is 25.4 Å². The van der Waals surface area contributed by atoms with Crippen LogP contribution in [0.15, 0.2) is 48.5 Å². The largest absolute Gasteiger partial charge is 0.444 e. The topological polar surface area (TPSA) is 99.5 Å². The lowest BCUT2D eigenvalue weighted by atomic mass is 10.1. The molecule has 0 spiro atoms. The Hall–Kier alpha value is -3.10. The van der Waals surface area contributed by atoms with Crippen LogP contribution in [0.3, 0.4) is 0 Å². The van der Waals surface area contributed by atoms with Gasteiger partial charge in [-0.3, -0.25) is 0 Å². The summed E-state index contributed by atoms with van der Waals surface area (Å²) >= 11 is 0. The van der Waals surface area contributed by atoms with Gasteiger partial charge in [-0.15, -0.1) is 0 Å². The van der Waals surface area contributed by atoms with E-state index in [1.165, 1.54) is 0 Å². The fraction of sp³-hybridized carbons (Fsp3) is 0.562. The van der Waals surface area contributed by atoms with Crippen molar-refractivity contribution in [3.8, 4) is 0 Å². The van der Waals surface area contributed by atoms with Gasteiger partial charge in [0.25, 0.3) is 0 Å². The Balaban J connectivity index is 1.92. The Morgan fingerprint density at radius 3 is 1.15 bits per heavy atom. The van der Waals surface area contributed by atoms with Crippen LogP contribution in [0.1, 0.15) is 89.5 Å². The molecule has 0 aliphatic rings. The predicted molar refractivity (Wildman–Crippen MR) is 156 cm³/mol. The second kappa shape index (κ2) is 15.6. The molecule has 222 valence electrons. The summed E-state index contributed by atoms with van der Waals surface area (Å²) in [7, 11) is 0. The third-order valence-corrected chi connectivity index (χ3v) is 6.07. The Kier molecular flexibility index (Phi) is 12.9. The van der Waals surface area contributed by atoms with Crippen LogP contribution in [0, 0.1) is 0 Å². The number of unbranched alkanes of at least 4 members (excludes halogenated alkanes) is 3. The summed E-state index contributed by atoms with van der Waals surface area (Å²) in [4.78, 5) is 29.2. The number of aliphatic hydroxyl groups excluding tert-OH is 2. The molecule has 0 aromatic heterocycles. The molecule has 0 heterocycles. The van der Waals surface area contributed by atoms with Crippen molar-refractivity contribution in [2.45, 2.75) is 105 Å². The number of rotatable bonds is 13. The van der Waals surface area contributed by atoms with E-state index in [9.17, 15) is 19.8 Å². The van der Waals surface area contributed by atoms with E-state index in [1.54, 1.807) is 9.80 Å². The monoisotopic (exact) mass is 556 g/mol. The Morgan fingerprint density at radius 1 is 0.575 bits per heavy atom. The molecule has 0 radical (unpaired) electrons. The lowest BCUT2D eigenvalue weighted by molar-refractivity contribution is 0.0213. The van der Waals surface area contributed by atoms with Gasteiger partial charge in [-0.2, -0.15) is 0 Å². The average molecular weight is 557 g/mol. The van der Waals surface area contributed by atoms with Gasteiger partial charge in [-0.25, -0.2) is 9.59 Å². The van der Waals surface area contributed by atoms with E-state index in [0.29, 0.717) is 26.2 Å². The van der Waals surface area contributed by atoms with Gasteiger partial charge in [0.2, 0.25) is 0 Å². The van der Waals surface area contributed by atoms with Gasteiger partial charge < -0.3 is 29.5 Å². The van der Waals surface area contributed by atoms with E-state index in [0.717, 1.165) is 47.9 Å². The first-order valence-corrected chi connectivity index (χ1v) is 14.1. The number of ether oxygens (including phenoxy) is 2. The molecule has 0 saturated heterocycles. The Morgan fingerprint density at radius 2 is 0.875 bits per heavy atom. The van der Waals surface area contributed by atoms with Gasteiger partial charge in [0, 0.05) is 26.2 Å². The zero-order valence-corrected chi connectivity index (χ0v) is 25.1. The standard InChI is InChI=1S/C32H48N2O6/c1-31(2,3)39-29(37)33(21-25-11-15-27(23-35)16-12-25)19-9-7-8-10-20-34(30(38)40-32(4,5)6)22-26-13-17-28(24-36)18-14-26/h11-18,35-36H,7-10,19-24H2,1-6H3. The van der Waals surface area contributed by atoms with Gasteiger partial charge >= 0.3 is 12.2 Å². The molecule has 0 aliphatic carbocycles. The van der Waals surface area contributed by atoms with Crippen molar-refractivity contribution in [2.24, 2.45) is 0 Å². The van der Waals surface area contributed by atoms with Crippen molar-refractivity contribution in [1.82, 2.24) is 9.80 Å². The van der Waals surface area contributed by atoms with Crippen LogP contribution in [-0.2, 0) is 35.8 Å². The average Bonchev–Trinajstić information content (AvgIpc) is 2.88. The van der Waals surface area contributed by atoms with Crippen molar-refractivity contribution in [2.75, 3.05) is 13.1 Å². The molecule has 0 atom stereocenters. The van der Waals surface area contributed by atoms with Gasteiger partial charge in [0.15, 0.2) is 0 Å². The molecular formula is C32H48N2O6. The number of nitrogens with zero attached hydrogens (tertiary/aromatic N) is 2. The van der Waals surface area contributed by atoms with Gasteiger partial charge in [0.05, 0.1) is 13.2 Å². The maximum absolute atomic E-state index is 12.9. The second-order valence-corrected chi connectivity index (χ2v) is 12.2.